The predicted octanol–water partition coefficient (Wildman–Crippen LogP) is 3.56. The maximum Gasteiger partial charge on any atom is 0.206 e. The summed E-state index contributed by atoms with van der Waals surface area (Å²) in [5, 5.41) is 0. The van der Waals surface area contributed by atoms with Crippen LogP contribution >= 0.6 is 0 Å². The van der Waals surface area contributed by atoms with E-state index in [1.165, 1.54) is 0 Å². The number of unbranched alkanes of at least 4 members (excludes halogenated alkanes) is 1. The van der Waals surface area contributed by atoms with Gasteiger partial charge in [-0.1, -0.05) is 13.3 Å². The third-order valence-electron chi connectivity index (χ3n) is 1.91. The molecular formula is C10H9F5O. The molecule has 0 aromatic heterocycles. The van der Waals surface area contributed by atoms with E-state index in [1.54, 1.807) is 6.92 Å². The highest BCUT2D eigenvalue weighted by molar-refractivity contribution is 5.29. The van der Waals surface area contributed by atoms with Crippen LogP contribution in [0.5, 0.6) is 5.75 Å². The van der Waals surface area contributed by atoms with Crippen LogP contribution in [0.2, 0.25) is 0 Å². The van der Waals surface area contributed by atoms with Gasteiger partial charge in [-0.15, -0.1) is 0 Å². The Labute approximate surface area is 88.8 Å². The van der Waals surface area contributed by atoms with Gasteiger partial charge in [0.05, 0.1) is 6.61 Å². The summed E-state index contributed by atoms with van der Waals surface area (Å²) in [6.45, 7) is 1.69. The summed E-state index contributed by atoms with van der Waals surface area (Å²) in [5.74, 6) is -11.3. The molecule has 0 heterocycles. The van der Waals surface area contributed by atoms with Crippen LogP contribution in [0, 0.1) is 29.1 Å². The molecule has 0 aliphatic rings. The second kappa shape index (κ2) is 5.14. The van der Waals surface area contributed by atoms with Gasteiger partial charge in [-0.05, 0) is 6.42 Å². The summed E-state index contributed by atoms with van der Waals surface area (Å²) < 4.78 is 68.4. The highest BCUT2D eigenvalue weighted by Crippen LogP contribution is 2.29. The number of hydrogen-bond acceptors (Lipinski definition) is 1. The Balaban J connectivity index is 3.08. The molecule has 0 unspecified atom stereocenters. The molecule has 0 fully saturated rings. The zero-order chi connectivity index (χ0) is 12.3. The summed E-state index contributed by atoms with van der Waals surface area (Å²) >= 11 is 0. The lowest BCUT2D eigenvalue weighted by molar-refractivity contribution is 0.258. The molecule has 0 atom stereocenters. The van der Waals surface area contributed by atoms with Crippen molar-refractivity contribution < 1.29 is 26.7 Å². The minimum absolute atomic E-state index is 0.102. The average molecular weight is 240 g/mol. The zero-order valence-electron chi connectivity index (χ0n) is 8.42. The Bertz CT molecular complexity index is 362. The maximum absolute atomic E-state index is 13.0. The van der Waals surface area contributed by atoms with Crippen LogP contribution in [0.3, 0.4) is 0 Å². The van der Waals surface area contributed by atoms with Crippen molar-refractivity contribution >= 4 is 0 Å². The molecule has 0 amide bonds. The molecular weight excluding hydrogens is 231 g/mol. The molecule has 1 rings (SSSR count). The highest BCUT2D eigenvalue weighted by Gasteiger charge is 2.26. The molecule has 1 aromatic carbocycles. The first-order chi connectivity index (χ1) is 7.50. The van der Waals surface area contributed by atoms with Crippen molar-refractivity contribution in [2.45, 2.75) is 19.8 Å². The lowest BCUT2D eigenvalue weighted by Gasteiger charge is -2.09. The van der Waals surface area contributed by atoms with Crippen molar-refractivity contribution in [3.63, 3.8) is 0 Å². The molecule has 0 aliphatic carbocycles. The number of rotatable bonds is 4. The largest absolute Gasteiger partial charge is 0.487 e. The molecule has 0 N–H and O–H groups in total. The van der Waals surface area contributed by atoms with Crippen molar-refractivity contribution in [1.29, 1.82) is 0 Å². The van der Waals surface area contributed by atoms with Gasteiger partial charge in [-0.2, -0.15) is 8.78 Å². The van der Waals surface area contributed by atoms with Crippen LogP contribution in [0.1, 0.15) is 19.8 Å². The van der Waals surface area contributed by atoms with Crippen molar-refractivity contribution in [3.05, 3.63) is 29.1 Å². The molecule has 0 saturated carbocycles. The summed E-state index contributed by atoms with van der Waals surface area (Å²) in [6, 6.07) is 0. The highest BCUT2D eigenvalue weighted by atomic mass is 19.2. The quantitative estimate of drug-likeness (QED) is 0.338. The van der Waals surface area contributed by atoms with Gasteiger partial charge >= 0.3 is 0 Å². The lowest BCUT2D eigenvalue weighted by Crippen LogP contribution is -2.07. The van der Waals surface area contributed by atoms with Gasteiger partial charge in [-0.3, -0.25) is 0 Å². The average Bonchev–Trinajstić information content (AvgIpc) is 2.28. The zero-order valence-corrected chi connectivity index (χ0v) is 8.42. The fourth-order valence-electron chi connectivity index (χ4n) is 1.03. The number of benzene rings is 1. The van der Waals surface area contributed by atoms with Crippen LogP contribution in [-0.2, 0) is 0 Å². The van der Waals surface area contributed by atoms with E-state index in [2.05, 4.69) is 4.74 Å². The van der Waals surface area contributed by atoms with E-state index in [0.717, 1.165) is 0 Å². The first-order valence-electron chi connectivity index (χ1n) is 4.64. The third kappa shape index (κ3) is 2.25. The number of hydrogen-bond donors (Lipinski definition) is 0. The van der Waals surface area contributed by atoms with Crippen molar-refractivity contribution in [1.82, 2.24) is 0 Å². The van der Waals surface area contributed by atoms with Crippen LogP contribution < -0.4 is 4.74 Å². The van der Waals surface area contributed by atoms with E-state index < -0.39 is 34.8 Å². The van der Waals surface area contributed by atoms with E-state index in [4.69, 9.17) is 0 Å². The van der Waals surface area contributed by atoms with E-state index in [0.29, 0.717) is 12.8 Å². The molecule has 16 heavy (non-hydrogen) atoms. The van der Waals surface area contributed by atoms with Crippen molar-refractivity contribution in [2.24, 2.45) is 0 Å². The maximum atomic E-state index is 13.0. The second-order valence-electron chi connectivity index (χ2n) is 3.10. The molecule has 0 spiro atoms. The first kappa shape index (κ1) is 12.7. The Morgan fingerprint density at radius 2 is 1.25 bits per heavy atom. The van der Waals surface area contributed by atoms with E-state index in [9.17, 15) is 22.0 Å². The van der Waals surface area contributed by atoms with E-state index in [1.807, 2.05) is 0 Å². The van der Waals surface area contributed by atoms with E-state index in [-0.39, 0.29) is 6.61 Å². The molecule has 1 nitrogen and oxygen atoms in total. The Hall–Kier alpha value is -1.33. The summed E-state index contributed by atoms with van der Waals surface area (Å²) in [7, 11) is 0. The Morgan fingerprint density at radius 3 is 1.69 bits per heavy atom. The smallest absolute Gasteiger partial charge is 0.206 e. The first-order valence-corrected chi connectivity index (χ1v) is 4.64. The SMILES string of the molecule is CCCCOc1c(F)c(F)c(F)c(F)c1F. The molecule has 0 saturated heterocycles. The van der Waals surface area contributed by atoms with Crippen LogP contribution in [0.25, 0.3) is 0 Å². The summed E-state index contributed by atoms with van der Waals surface area (Å²) in [4.78, 5) is 0. The van der Waals surface area contributed by atoms with Gasteiger partial charge in [0.15, 0.2) is 5.75 Å². The van der Waals surface area contributed by atoms with E-state index >= 15 is 0 Å². The van der Waals surface area contributed by atoms with Gasteiger partial charge in [-0.25, -0.2) is 13.2 Å². The van der Waals surface area contributed by atoms with Crippen LogP contribution in [0.4, 0.5) is 22.0 Å². The second-order valence-corrected chi connectivity index (χ2v) is 3.10. The van der Waals surface area contributed by atoms with Gasteiger partial charge < -0.3 is 4.74 Å². The predicted molar refractivity (Wildman–Crippen MR) is 46.6 cm³/mol. The minimum atomic E-state index is -2.18. The third-order valence-corrected chi connectivity index (χ3v) is 1.91. The van der Waals surface area contributed by atoms with Gasteiger partial charge in [0, 0.05) is 0 Å². The molecule has 1 aromatic rings. The number of ether oxygens (including phenoxy) is 1. The lowest BCUT2D eigenvalue weighted by atomic mass is 10.2. The molecule has 90 valence electrons. The fraction of sp³-hybridized carbons (Fsp3) is 0.400. The summed E-state index contributed by atoms with van der Waals surface area (Å²) in [6.07, 6.45) is 1.13. The van der Waals surface area contributed by atoms with Crippen LogP contribution in [-0.4, -0.2) is 6.61 Å². The fourth-order valence-corrected chi connectivity index (χ4v) is 1.03. The van der Waals surface area contributed by atoms with Gasteiger partial charge in [0.25, 0.3) is 0 Å². The molecule has 0 bridgehead atoms. The Kier molecular flexibility index (Phi) is 4.09. The van der Waals surface area contributed by atoms with Gasteiger partial charge in [0.2, 0.25) is 29.1 Å². The molecule has 6 heteroatoms. The van der Waals surface area contributed by atoms with Crippen molar-refractivity contribution in [3.8, 4) is 5.75 Å². The Morgan fingerprint density at radius 1 is 0.812 bits per heavy atom. The minimum Gasteiger partial charge on any atom is -0.487 e. The molecule has 0 aliphatic heterocycles. The summed E-state index contributed by atoms with van der Waals surface area (Å²) in [5.41, 5.74) is 0. The van der Waals surface area contributed by atoms with Crippen molar-refractivity contribution in [2.75, 3.05) is 6.61 Å². The normalized spacial score (nSPS) is 10.6. The standard InChI is InChI=1S/C10H9F5O/c1-2-3-4-16-10-8(14)6(12)5(11)7(13)9(10)15/h2-4H2,1H3. The van der Waals surface area contributed by atoms with Gasteiger partial charge in [0.1, 0.15) is 0 Å². The number of halogens is 5. The van der Waals surface area contributed by atoms with Crippen LogP contribution in [0.15, 0.2) is 0 Å². The topological polar surface area (TPSA) is 9.23 Å². The monoisotopic (exact) mass is 240 g/mol. The molecule has 0 radical (unpaired) electrons.